The molecule has 1 aliphatic heterocycles. The van der Waals surface area contributed by atoms with Crippen LogP contribution in [0.25, 0.3) is 22.0 Å². The molecule has 3 heterocycles. The fraction of sp³-hybridized carbons (Fsp3) is 0.306. The second-order valence-corrected chi connectivity index (χ2v) is 11.0. The Morgan fingerprint density at radius 1 is 0.935 bits per heavy atom. The first-order chi connectivity index (χ1) is 22.5. The molecule has 9 nitrogen and oxygen atoms in total. The van der Waals surface area contributed by atoms with Gasteiger partial charge in [0.1, 0.15) is 11.6 Å². The Labute approximate surface area is 267 Å². The van der Waals surface area contributed by atoms with E-state index in [1.165, 1.54) is 18.3 Å². The maximum atomic E-state index is 15.5. The summed E-state index contributed by atoms with van der Waals surface area (Å²) in [6.07, 6.45) is 4.52. The molecule has 0 atom stereocenters. The molecular weight excluding hydrogens is 587 g/mol. The summed E-state index contributed by atoms with van der Waals surface area (Å²) in [6, 6.07) is 19.6. The molecule has 1 aliphatic rings. The molecule has 0 spiro atoms. The maximum Gasteiger partial charge on any atom is 0.261 e. The van der Waals surface area contributed by atoms with Crippen LogP contribution in [0.5, 0.6) is 23.0 Å². The first kappa shape index (κ1) is 31.2. The van der Waals surface area contributed by atoms with E-state index < -0.39 is 5.82 Å². The molecule has 0 radical (unpaired) electrons. The molecule has 238 valence electrons. The molecule has 0 bridgehead atoms. The van der Waals surface area contributed by atoms with Crippen molar-refractivity contribution in [2.75, 3.05) is 46.6 Å². The Balaban J connectivity index is 1.19. The zero-order valence-electron chi connectivity index (χ0n) is 26.1. The van der Waals surface area contributed by atoms with Crippen LogP contribution in [0.15, 0.2) is 83.9 Å². The molecule has 0 amide bonds. The number of morpholine rings is 1. The predicted octanol–water partition coefficient (Wildman–Crippen LogP) is 6.11. The van der Waals surface area contributed by atoms with Crippen LogP contribution in [-0.4, -0.2) is 66.0 Å². The number of hydrogen-bond donors (Lipinski definition) is 0. The number of methoxy groups -OCH3 is 1. The lowest BCUT2D eigenvalue weighted by molar-refractivity contribution is 0.0357. The standard InChI is InChI=1S/C36H37FN4O5/c1-3-41-35(20-25-8-5-4-6-9-25)39-24-28(36(41)42)26-10-11-32(29(37)21-26)46-31-12-13-38-30-23-34(33(43-2)22-27(30)31)45-17-7-14-40-15-18-44-19-16-40/h4-6,8-13,21-24H,3,7,14-20H2,1-2H3. The summed E-state index contributed by atoms with van der Waals surface area (Å²) in [5, 5.41) is 0.646. The van der Waals surface area contributed by atoms with Gasteiger partial charge in [-0.15, -0.1) is 0 Å². The number of halogens is 1. The van der Waals surface area contributed by atoms with E-state index in [9.17, 15) is 4.79 Å². The van der Waals surface area contributed by atoms with Crippen LogP contribution in [0.1, 0.15) is 24.7 Å². The normalized spacial score (nSPS) is 13.5. The average Bonchev–Trinajstić information content (AvgIpc) is 3.08. The minimum absolute atomic E-state index is 0.0168. The monoisotopic (exact) mass is 624 g/mol. The lowest BCUT2D eigenvalue weighted by Gasteiger charge is -2.26. The summed E-state index contributed by atoms with van der Waals surface area (Å²) < 4.78 is 40.3. The van der Waals surface area contributed by atoms with E-state index in [2.05, 4.69) is 14.9 Å². The molecule has 0 saturated carbocycles. The summed E-state index contributed by atoms with van der Waals surface area (Å²) in [5.41, 5.74) is 2.21. The number of hydrogen-bond acceptors (Lipinski definition) is 8. The van der Waals surface area contributed by atoms with Gasteiger partial charge in [-0.05, 0) is 48.7 Å². The van der Waals surface area contributed by atoms with Crippen LogP contribution in [-0.2, 0) is 17.7 Å². The van der Waals surface area contributed by atoms with E-state index in [0.717, 1.165) is 44.8 Å². The van der Waals surface area contributed by atoms with Gasteiger partial charge in [-0.3, -0.25) is 19.2 Å². The number of ether oxygens (including phenoxy) is 4. The highest BCUT2D eigenvalue weighted by atomic mass is 19.1. The summed E-state index contributed by atoms with van der Waals surface area (Å²) in [5.74, 6) is 1.59. The second kappa shape index (κ2) is 14.5. The van der Waals surface area contributed by atoms with Crippen LogP contribution in [0, 0.1) is 5.82 Å². The number of benzene rings is 3. The van der Waals surface area contributed by atoms with E-state index in [1.807, 2.05) is 43.3 Å². The topological polar surface area (TPSA) is 87.9 Å². The van der Waals surface area contributed by atoms with E-state index in [0.29, 0.717) is 64.7 Å². The van der Waals surface area contributed by atoms with Crippen molar-refractivity contribution in [2.45, 2.75) is 26.3 Å². The molecule has 2 aromatic heterocycles. The minimum Gasteiger partial charge on any atom is -0.493 e. The molecule has 5 aromatic rings. The largest absolute Gasteiger partial charge is 0.493 e. The van der Waals surface area contributed by atoms with Crippen molar-refractivity contribution in [3.05, 3.63) is 107 Å². The summed E-state index contributed by atoms with van der Waals surface area (Å²) in [6.45, 7) is 7.22. The average molecular weight is 625 g/mol. The number of pyridine rings is 1. The van der Waals surface area contributed by atoms with Gasteiger partial charge in [0.25, 0.3) is 5.56 Å². The third-order valence-electron chi connectivity index (χ3n) is 8.08. The zero-order chi connectivity index (χ0) is 31.9. The first-order valence-electron chi connectivity index (χ1n) is 15.5. The molecule has 6 rings (SSSR count). The Morgan fingerprint density at radius 2 is 1.76 bits per heavy atom. The first-order valence-corrected chi connectivity index (χ1v) is 15.5. The molecule has 0 unspecified atom stereocenters. The van der Waals surface area contributed by atoms with Gasteiger partial charge in [-0.25, -0.2) is 9.37 Å². The Kier molecular flexibility index (Phi) is 9.85. The molecule has 3 aromatic carbocycles. The maximum absolute atomic E-state index is 15.5. The third kappa shape index (κ3) is 7.03. The van der Waals surface area contributed by atoms with Crippen LogP contribution in [0.4, 0.5) is 4.39 Å². The lowest BCUT2D eigenvalue weighted by atomic mass is 10.1. The van der Waals surface area contributed by atoms with Crippen LogP contribution >= 0.6 is 0 Å². The van der Waals surface area contributed by atoms with Gasteiger partial charge in [0.05, 0.1) is 38.0 Å². The van der Waals surface area contributed by atoms with Gasteiger partial charge >= 0.3 is 0 Å². The van der Waals surface area contributed by atoms with Gasteiger partial charge in [-0.1, -0.05) is 36.4 Å². The molecule has 1 fully saturated rings. The number of fused-ring (bicyclic) bond motifs is 1. The highest BCUT2D eigenvalue weighted by molar-refractivity contribution is 5.88. The zero-order valence-corrected chi connectivity index (χ0v) is 26.1. The SMILES string of the molecule is CCn1c(Cc2ccccc2)ncc(-c2ccc(Oc3ccnc4cc(OCCCN5CCOCC5)c(OC)cc34)c(F)c2)c1=O. The lowest BCUT2D eigenvalue weighted by Crippen LogP contribution is -2.37. The summed E-state index contributed by atoms with van der Waals surface area (Å²) >= 11 is 0. The second-order valence-electron chi connectivity index (χ2n) is 11.0. The summed E-state index contributed by atoms with van der Waals surface area (Å²) in [4.78, 5) is 24.8. The highest BCUT2D eigenvalue weighted by Crippen LogP contribution is 2.38. The quantitative estimate of drug-likeness (QED) is 0.154. The highest BCUT2D eigenvalue weighted by Gasteiger charge is 2.17. The van der Waals surface area contributed by atoms with Gasteiger partial charge in [0, 0.05) is 56.4 Å². The van der Waals surface area contributed by atoms with Crippen LogP contribution in [0.2, 0.25) is 0 Å². The van der Waals surface area contributed by atoms with Crippen molar-refractivity contribution in [2.24, 2.45) is 0 Å². The molecule has 1 saturated heterocycles. The van der Waals surface area contributed by atoms with E-state index in [1.54, 1.807) is 36.1 Å². The van der Waals surface area contributed by atoms with Crippen molar-refractivity contribution in [3.8, 4) is 34.1 Å². The predicted molar refractivity (Wildman–Crippen MR) is 175 cm³/mol. The van der Waals surface area contributed by atoms with Gasteiger partial charge < -0.3 is 18.9 Å². The number of nitrogens with zero attached hydrogens (tertiary/aromatic N) is 4. The van der Waals surface area contributed by atoms with Crippen LogP contribution in [0.3, 0.4) is 0 Å². The fourth-order valence-corrected chi connectivity index (χ4v) is 5.62. The van der Waals surface area contributed by atoms with Crippen molar-refractivity contribution in [1.82, 2.24) is 19.4 Å². The van der Waals surface area contributed by atoms with Gasteiger partial charge in [0.2, 0.25) is 0 Å². The Morgan fingerprint density at radius 3 is 2.52 bits per heavy atom. The van der Waals surface area contributed by atoms with E-state index in [-0.39, 0.29) is 11.3 Å². The Hall–Kier alpha value is -4.80. The smallest absolute Gasteiger partial charge is 0.261 e. The number of aromatic nitrogens is 3. The van der Waals surface area contributed by atoms with Crippen molar-refractivity contribution in [3.63, 3.8) is 0 Å². The van der Waals surface area contributed by atoms with Crippen molar-refractivity contribution in [1.29, 1.82) is 0 Å². The van der Waals surface area contributed by atoms with Gasteiger partial charge in [0.15, 0.2) is 23.1 Å². The molecule has 46 heavy (non-hydrogen) atoms. The van der Waals surface area contributed by atoms with Gasteiger partial charge in [-0.2, -0.15) is 0 Å². The third-order valence-corrected chi connectivity index (χ3v) is 8.08. The van der Waals surface area contributed by atoms with Crippen LogP contribution < -0.4 is 19.8 Å². The van der Waals surface area contributed by atoms with E-state index >= 15 is 4.39 Å². The molecule has 0 N–H and O–H groups in total. The molecular formula is C36H37FN4O5. The molecule has 10 heteroatoms. The Bertz CT molecular complexity index is 1860. The number of rotatable bonds is 12. The molecule has 0 aliphatic carbocycles. The van der Waals surface area contributed by atoms with E-state index in [4.69, 9.17) is 18.9 Å². The fourth-order valence-electron chi connectivity index (χ4n) is 5.62. The van der Waals surface area contributed by atoms with Crippen molar-refractivity contribution >= 4 is 10.9 Å². The van der Waals surface area contributed by atoms with Crippen molar-refractivity contribution < 1.29 is 23.3 Å². The summed E-state index contributed by atoms with van der Waals surface area (Å²) in [7, 11) is 1.58. The minimum atomic E-state index is -0.606.